The average Bonchev–Trinajstić information content (AvgIpc) is 2.90. The highest BCUT2D eigenvalue weighted by Gasteiger charge is 2.27. The van der Waals surface area contributed by atoms with E-state index in [2.05, 4.69) is 5.38 Å². The molecule has 22 heavy (non-hydrogen) atoms. The predicted molar refractivity (Wildman–Crippen MR) is 95.8 cm³/mol. The first-order valence-electron chi connectivity index (χ1n) is 7.07. The van der Waals surface area contributed by atoms with Crippen LogP contribution >= 0.6 is 30.3 Å². The second-order valence-electron chi connectivity index (χ2n) is 4.99. The number of hydrogen-bond donors (Lipinski definition) is 0. The molecule has 0 aliphatic carbocycles. The van der Waals surface area contributed by atoms with E-state index >= 15 is 0 Å². The minimum absolute atomic E-state index is 0.394. The highest BCUT2D eigenvalue weighted by Crippen LogP contribution is 2.50. The number of hydrogen-bond acceptors (Lipinski definition) is 3. The Kier molecular flexibility index (Phi) is 4.70. The maximum atomic E-state index is 13.4. The van der Waals surface area contributed by atoms with E-state index in [1.807, 2.05) is 55.5 Å². The smallest absolute Gasteiger partial charge is 0.236 e. The SMILES string of the molecule is CCOP(=O)(Cc1csc2ccc(Cl)cc12)c1ccccc1. The molecule has 2 nitrogen and oxygen atoms in total. The maximum absolute atomic E-state index is 13.4. The lowest BCUT2D eigenvalue weighted by Crippen LogP contribution is -2.09. The molecule has 0 radical (unpaired) electrons. The molecule has 5 heteroatoms. The van der Waals surface area contributed by atoms with Gasteiger partial charge in [0.15, 0.2) is 0 Å². The highest BCUT2D eigenvalue weighted by atomic mass is 35.5. The minimum Gasteiger partial charge on any atom is -0.325 e. The van der Waals surface area contributed by atoms with E-state index in [1.165, 1.54) is 0 Å². The lowest BCUT2D eigenvalue weighted by Gasteiger charge is -2.18. The molecule has 0 aliphatic rings. The Balaban J connectivity index is 2.03. The van der Waals surface area contributed by atoms with Crippen LogP contribution in [0.25, 0.3) is 10.1 Å². The summed E-state index contributed by atoms with van der Waals surface area (Å²) in [6, 6.07) is 15.3. The molecule has 3 aromatic rings. The molecule has 0 saturated heterocycles. The van der Waals surface area contributed by atoms with Crippen molar-refractivity contribution < 1.29 is 9.09 Å². The Morgan fingerprint density at radius 1 is 1.18 bits per heavy atom. The van der Waals surface area contributed by atoms with Crippen LogP contribution in [0.4, 0.5) is 0 Å². The third-order valence-electron chi connectivity index (χ3n) is 3.48. The van der Waals surface area contributed by atoms with Crippen molar-refractivity contribution in [1.82, 2.24) is 0 Å². The summed E-state index contributed by atoms with van der Waals surface area (Å²) in [7, 11) is -2.92. The van der Waals surface area contributed by atoms with Crippen molar-refractivity contribution >= 4 is 45.7 Å². The van der Waals surface area contributed by atoms with Gasteiger partial charge in [-0.2, -0.15) is 0 Å². The largest absolute Gasteiger partial charge is 0.325 e. The van der Waals surface area contributed by atoms with E-state index in [-0.39, 0.29) is 0 Å². The molecule has 0 fully saturated rings. The molecule has 114 valence electrons. The van der Waals surface area contributed by atoms with E-state index in [0.29, 0.717) is 17.8 Å². The van der Waals surface area contributed by atoms with Gasteiger partial charge < -0.3 is 4.52 Å². The van der Waals surface area contributed by atoms with Crippen molar-refractivity contribution in [2.75, 3.05) is 6.61 Å². The third-order valence-corrected chi connectivity index (χ3v) is 7.25. The monoisotopic (exact) mass is 350 g/mol. The zero-order chi connectivity index (χ0) is 15.6. The summed E-state index contributed by atoms with van der Waals surface area (Å²) in [4.78, 5) is 0. The van der Waals surface area contributed by atoms with Crippen LogP contribution in [0.1, 0.15) is 12.5 Å². The average molecular weight is 351 g/mol. The number of halogens is 1. The van der Waals surface area contributed by atoms with Crippen LogP contribution in [0.3, 0.4) is 0 Å². The Hall–Kier alpha value is -1.12. The van der Waals surface area contributed by atoms with Crippen molar-refractivity contribution in [3.63, 3.8) is 0 Å². The maximum Gasteiger partial charge on any atom is 0.236 e. The Morgan fingerprint density at radius 3 is 2.68 bits per heavy atom. The fourth-order valence-electron chi connectivity index (χ4n) is 2.48. The van der Waals surface area contributed by atoms with Gasteiger partial charge >= 0.3 is 0 Å². The van der Waals surface area contributed by atoms with Crippen LogP contribution in [0.15, 0.2) is 53.9 Å². The zero-order valence-corrected chi connectivity index (χ0v) is 14.6. The van der Waals surface area contributed by atoms with Crippen molar-refractivity contribution in [3.05, 3.63) is 64.5 Å². The molecule has 0 N–H and O–H groups in total. The summed E-state index contributed by atoms with van der Waals surface area (Å²) >= 11 is 7.74. The highest BCUT2D eigenvalue weighted by molar-refractivity contribution is 7.66. The number of rotatable bonds is 5. The standard InChI is InChI=1S/C17H16ClO2PS/c1-2-20-21(19,15-6-4-3-5-7-15)11-13-12-22-17-9-8-14(18)10-16(13)17/h3-10,12H,2,11H2,1H3. The fraction of sp³-hybridized carbons (Fsp3) is 0.176. The summed E-state index contributed by atoms with van der Waals surface area (Å²) < 4.78 is 20.2. The summed E-state index contributed by atoms with van der Waals surface area (Å²) in [6.45, 7) is 2.30. The van der Waals surface area contributed by atoms with Crippen LogP contribution in [-0.2, 0) is 15.3 Å². The molecule has 1 aromatic heterocycles. The summed E-state index contributed by atoms with van der Waals surface area (Å²) in [5, 5.41) is 4.57. The molecule has 0 spiro atoms. The Bertz CT molecular complexity index is 829. The molecule has 3 rings (SSSR count). The molecular weight excluding hydrogens is 335 g/mol. The van der Waals surface area contributed by atoms with Gasteiger partial charge in [0.05, 0.1) is 12.8 Å². The minimum atomic E-state index is -2.92. The first kappa shape index (κ1) is 15.8. The van der Waals surface area contributed by atoms with Gasteiger partial charge in [-0.3, -0.25) is 4.57 Å². The Labute approximate surface area is 139 Å². The van der Waals surface area contributed by atoms with E-state index in [0.717, 1.165) is 21.0 Å². The summed E-state index contributed by atoms with van der Waals surface area (Å²) in [5.74, 6) is 0. The van der Waals surface area contributed by atoms with Gasteiger partial charge in [0, 0.05) is 15.0 Å². The van der Waals surface area contributed by atoms with E-state index < -0.39 is 7.37 Å². The van der Waals surface area contributed by atoms with Crippen LogP contribution in [0.2, 0.25) is 5.02 Å². The summed E-state index contributed by atoms with van der Waals surface area (Å²) in [5.41, 5.74) is 1.03. The van der Waals surface area contributed by atoms with Crippen molar-refractivity contribution in [2.45, 2.75) is 13.1 Å². The molecule has 1 atom stereocenters. The molecule has 2 aromatic carbocycles. The lowest BCUT2D eigenvalue weighted by molar-refractivity contribution is 0.340. The fourth-order valence-corrected chi connectivity index (χ4v) is 5.89. The van der Waals surface area contributed by atoms with Crippen molar-refractivity contribution in [3.8, 4) is 0 Å². The summed E-state index contributed by atoms with van der Waals surface area (Å²) in [6.07, 6.45) is 0.394. The van der Waals surface area contributed by atoms with Crippen LogP contribution in [0, 0.1) is 0 Å². The number of benzene rings is 2. The van der Waals surface area contributed by atoms with Crippen LogP contribution < -0.4 is 5.30 Å². The first-order valence-corrected chi connectivity index (χ1v) is 10.1. The second kappa shape index (κ2) is 6.55. The topological polar surface area (TPSA) is 26.3 Å². The number of thiophene rings is 1. The predicted octanol–water partition coefficient (Wildman–Crippen LogP) is 5.69. The van der Waals surface area contributed by atoms with Gasteiger partial charge in [-0.15, -0.1) is 11.3 Å². The van der Waals surface area contributed by atoms with Crippen molar-refractivity contribution in [1.29, 1.82) is 0 Å². The molecule has 0 saturated carbocycles. The zero-order valence-electron chi connectivity index (χ0n) is 12.2. The van der Waals surface area contributed by atoms with E-state index in [1.54, 1.807) is 11.3 Å². The molecule has 1 unspecified atom stereocenters. The van der Waals surface area contributed by atoms with Gasteiger partial charge in [-0.25, -0.2) is 0 Å². The molecule has 0 amide bonds. The lowest BCUT2D eigenvalue weighted by atomic mass is 10.2. The normalized spacial score (nSPS) is 14.1. The quantitative estimate of drug-likeness (QED) is 0.552. The Morgan fingerprint density at radius 2 is 1.95 bits per heavy atom. The van der Waals surface area contributed by atoms with Gasteiger partial charge in [-0.05, 0) is 53.6 Å². The molecule has 1 heterocycles. The van der Waals surface area contributed by atoms with Crippen LogP contribution in [-0.4, -0.2) is 6.61 Å². The van der Waals surface area contributed by atoms with Gasteiger partial charge in [0.1, 0.15) is 0 Å². The second-order valence-corrected chi connectivity index (χ2v) is 8.77. The van der Waals surface area contributed by atoms with E-state index in [9.17, 15) is 4.57 Å². The van der Waals surface area contributed by atoms with Gasteiger partial charge in [0.2, 0.25) is 7.37 Å². The number of fused-ring (bicyclic) bond motifs is 1. The van der Waals surface area contributed by atoms with Gasteiger partial charge in [0.25, 0.3) is 0 Å². The van der Waals surface area contributed by atoms with Crippen molar-refractivity contribution in [2.24, 2.45) is 0 Å². The molecule has 0 bridgehead atoms. The van der Waals surface area contributed by atoms with Gasteiger partial charge in [-0.1, -0.05) is 29.8 Å². The third kappa shape index (κ3) is 3.13. The molecule has 0 aliphatic heterocycles. The van der Waals surface area contributed by atoms with Crippen LogP contribution in [0.5, 0.6) is 0 Å². The first-order chi connectivity index (χ1) is 10.6. The molecular formula is C17H16ClO2PS. The van der Waals surface area contributed by atoms with E-state index in [4.69, 9.17) is 16.1 Å².